The number of benzene rings is 2. The summed E-state index contributed by atoms with van der Waals surface area (Å²) in [6.07, 6.45) is 2.42. The SMILES string of the molecule is [2H]C([2H])([2H])C([2H])(C([2H])([2H])[2H])C([2H])([2H])OC(=O)N1CCC2(CCc3cc(-c4ccc(CS(=O)(=O)Cc5ccccn5)cc4)ccc3O2)CC1. The molecule has 39 heavy (non-hydrogen) atoms. The number of piperidine rings is 1. The highest BCUT2D eigenvalue weighted by Gasteiger charge is 2.40. The van der Waals surface area contributed by atoms with Gasteiger partial charge in [-0.05, 0) is 65.3 Å². The van der Waals surface area contributed by atoms with Crippen LogP contribution < -0.4 is 4.74 Å². The van der Waals surface area contributed by atoms with Gasteiger partial charge in [-0.15, -0.1) is 0 Å². The molecule has 1 spiro atoms. The predicted molar refractivity (Wildman–Crippen MR) is 151 cm³/mol. The number of fused-ring (bicyclic) bond motifs is 1. The van der Waals surface area contributed by atoms with Crippen molar-refractivity contribution in [3.63, 3.8) is 0 Å². The van der Waals surface area contributed by atoms with Crippen LogP contribution >= 0.6 is 0 Å². The molecule has 0 bridgehead atoms. The number of sulfone groups is 1. The topological polar surface area (TPSA) is 85.8 Å². The fraction of sp³-hybridized carbons (Fsp3) is 0.419. The lowest BCUT2D eigenvalue weighted by Crippen LogP contribution is -2.51. The molecule has 0 radical (unpaired) electrons. The van der Waals surface area contributed by atoms with Gasteiger partial charge in [-0.1, -0.05) is 50.1 Å². The molecule has 0 unspecified atom stereocenters. The molecule has 7 nitrogen and oxygen atoms in total. The van der Waals surface area contributed by atoms with E-state index in [1.54, 1.807) is 36.5 Å². The van der Waals surface area contributed by atoms with E-state index >= 15 is 0 Å². The van der Waals surface area contributed by atoms with Crippen LogP contribution in [0.3, 0.4) is 0 Å². The summed E-state index contributed by atoms with van der Waals surface area (Å²) in [7, 11) is -3.40. The maximum Gasteiger partial charge on any atom is 0.409 e. The van der Waals surface area contributed by atoms with Crippen LogP contribution in [0, 0.1) is 5.89 Å². The Labute approximate surface area is 243 Å². The molecular formula is C31H36N2O5S. The van der Waals surface area contributed by atoms with E-state index in [1.807, 2.05) is 30.3 Å². The van der Waals surface area contributed by atoms with Crippen molar-refractivity contribution in [2.24, 2.45) is 5.89 Å². The summed E-state index contributed by atoms with van der Waals surface area (Å²) in [6.45, 7) is -10.7. The number of ether oxygens (including phenoxy) is 2. The van der Waals surface area contributed by atoms with Crippen LogP contribution in [0.2, 0.25) is 0 Å². The van der Waals surface area contributed by atoms with Crippen molar-refractivity contribution >= 4 is 15.9 Å². The molecule has 1 amide bonds. The number of aromatic nitrogens is 1. The van der Waals surface area contributed by atoms with E-state index in [0.29, 0.717) is 42.7 Å². The van der Waals surface area contributed by atoms with E-state index in [9.17, 15) is 13.2 Å². The van der Waals surface area contributed by atoms with Gasteiger partial charge in [0.15, 0.2) is 9.84 Å². The molecule has 3 heterocycles. The second-order valence-corrected chi connectivity index (χ2v) is 12.1. The molecular weight excluding hydrogens is 512 g/mol. The van der Waals surface area contributed by atoms with Crippen molar-refractivity contribution in [2.45, 2.75) is 56.5 Å². The van der Waals surface area contributed by atoms with Gasteiger partial charge in [0.1, 0.15) is 11.4 Å². The number of likely N-dealkylation sites (tertiary alicyclic amines) is 1. The van der Waals surface area contributed by atoms with Gasteiger partial charge in [0.25, 0.3) is 0 Å². The van der Waals surface area contributed by atoms with E-state index in [-0.39, 0.29) is 24.6 Å². The number of nitrogens with zero attached hydrogens (tertiary/aromatic N) is 2. The molecule has 2 aromatic carbocycles. The summed E-state index contributed by atoms with van der Waals surface area (Å²) in [5, 5.41) is 0. The first-order valence-electron chi connectivity index (χ1n) is 17.2. The Morgan fingerprint density at radius 1 is 1.10 bits per heavy atom. The molecule has 0 N–H and O–H groups in total. The number of carbonyl (C=O) groups is 1. The minimum Gasteiger partial charge on any atom is -0.487 e. The Hall–Kier alpha value is -3.39. The molecule has 8 heteroatoms. The molecule has 1 aromatic heterocycles. The average molecular weight is 558 g/mol. The molecule has 2 aliphatic heterocycles. The first kappa shape index (κ1) is 18.1. The van der Waals surface area contributed by atoms with Crippen LogP contribution in [-0.2, 0) is 32.5 Å². The molecule has 2 aliphatic rings. The van der Waals surface area contributed by atoms with E-state index in [0.717, 1.165) is 21.6 Å². The van der Waals surface area contributed by atoms with Crippen LogP contribution in [0.4, 0.5) is 4.79 Å². The van der Waals surface area contributed by atoms with Crippen molar-refractivity contribution < 1.29 is 35.0 Å². The van der Waals surface area contributed by atoms with Crippen LogP contribution in [0.1, 0.15) is 62.1 Å². The Balaban J connectivity index is 1.19. The van der Waals surface area contributed by atoms with Crippen LogP contribution in [0.25, 0.3) is 11.1 Å². The molecule has 0 saturated carbocycles. The maximum absolute atomic E-state index is 12.9. The minimum atomic E-state index is -3.70. The lowest BCUT2D eigenvalue weighted by atomic mass is 9.82. The second-order valence-electron chi connectivity index (χ2n) is 9.99. The van der Waals surface area contributed by atoms with E-state index in [1.165, 1.54) is 0 Å². The van der Waals surface area contributed by atoms with Gasteiger partial charge in [0.05, 0.1) is 26.5 Å². The smallest absolute Gasteiger partial charge is 0.409 e. The first-order chi connectivity index (χ1) is 22.2. The summed E-state index contributed by atoms with van der Waals surface area (Å²) in [5.41, 5.74) is 3.45. The zero-order valence-electron chi connectivity index (χ0n) is 30.4. The van der Waals surface area contributed by atoms with Gasteiger partial charge in [-0.25, -0.2) is 13.2 Å². The highest BCUT2D eigenvalue weighted by Crippen LogP contribution is 2.41. The summed E-state index contributed by atoms with van der Waals surface area (Å²) in [6, 6.07) is 18.4. The molecule has 1 saturated heterocycles. The van der Waals surface area contributed by atoms with Gasteiger partial charge < -0.3 is 14.4 Å². The Kier molecular flexibility index (Phi) is 5.27. The number of carbonyl (C=O) groups excluding carboxylic acids is 1. The summed E-state index contributed by atoms with van der Waals surface area (Å²) >= 11 is 0. The van der Waals surface area contributed by atoms with Crippen molar-refractivity contribution in [3.05, 3.63) is 83.7 Å². The fourth-order valence-corrected chi connectivity index (χ4v) is 6.54. The molecule has 0 aliphatic carbocycles. The van der Waals surface area contributed by atoms with E-state index < -0.39 is 47.7 Å². The van der Waals surface area contributed by atoms with Gasteiger partial charge in [0.2, 0.25) is 0 Å². The molecule has 5 rings (SSSR count). The van der Waals surface area contributed by atoms with Crippen molar-refractivity contribution in [1.82, 2.24) is 9.88 Å². The third kappa shape index (κ3) is 6.79. The predicted octanol–water partition coefficient (Wildman–Crippen LogP) is 5.82. The minimum absolute atomic E-state index is 0.0955. The third-order valence-corrected chi connectivity index (χ3v) is 8.69. The zero-order chi connectivity index (χ0) is 35.2. The molecule has 1 fully saturated rings. The van der Waals surface area contributed by atoms with E-state index in [4.69, 9.17) is 21.8 Å². The number of pyridine rings is 1. The maximum atomic E-state index is 12.9. The third-order valence-electron chi connectivity index (χ3n) is 7.18. The number of amides is 1. The number of aryl methyl sites for hydroxylation is 1. The first-order valence-corrected chi connectivity index (χ1v) is 14.6. The largest absolute Gasteiger partial charge is 0.487 e. The lowest BCUT2D eigenvalue weighted by molar-refractivity contribution is -0.0152. The Morgan fingerprint density at radius 2 is 1.87 bits per heavy atom. The van der Waals surface area contributed by atoms with Crippen molar-refractivity contribution in [2.75, 3.05) is 19.6 Å². The Bertz CT molecular complexity index is 1730. The lowest BCUT2D eigenvalue weighted by Gasteiger charge is -2.44. The molecule has 0 atom stereocenters. The fourth-order valence-electron chi connectivity index (χ4n) is 5.12. The highest BCUT2D eigenvalue weighted by atomic mass is 32.2. The zero-order valence-corrected chi connectivity index (χ0v) is 22.2. The van der Waals surface area contributed by atoms with E-state index in [2.05, 4.69) is 4.98 Å². The average Bonchev–Trinajstić information content (AvgIpc) is 3.00. The monoisotopic (exact) mass is 557 g/mol. The normalized spacial score (nSPS) is 21.2. The van der Waals surface area contributed by atoms with Crippen LogP contribution in [-0.4, -0.2) is 49.6 Å². The van der Waals surface area contributed by atoms with Crippen molar-refractivity contribution in [1.29, 1.82) is 0 Å². The number of hydrogen-bond acceptors (Lipinski definition) is 6. The molecule has 206 valence electrons. The standard InChI is InChI=1S/C31H36N2O5S/c1-23(2)20-37-30(34)33-17-14-31(15-18-33)13-12-27-19-26(10-11-29(27)38-31)25-8-6-24(7-9-25)21-39(35,36)22-28-5-3-4-16-32-28/h3-11,16,19,23H,12-15,17-18,20-22H2,1-2H3/i1D3,2D3,20D2,23D. The number of rotatable bonds is 7. The molecule has 3 aromatic rings. The second kappa shape index (κ2) is 11.4. The van der Waals surface area contributed by atoms with Crippen molar-refractivity contribution in [3.8, 4) is 16.9 Å². The van der Waals surface area contributed by atoms with Gasteiger partial charge in [-0.2, -0.15) is 0 Å². The Morgan fingerprint density at radius 3 is 2.59 bits per heavy atom. The van der Waals surface area contributed by atoms with Gasteiger partial charge >= 0.3 is 6.09 Å². The summed E-state index contributed by atoms with van der Waals surface area (Å²) in [4.78, 5) is 18.1. The summed E-state index contributed by atoms with van der Waals surface area (Å²) in [5.74, 6) is -3.23. The van der Waals surface area contributed by atoms with Gasteiger partial charge in [-0.3, -0.25) is 4.98 Å². The summed E-state index contributed by atoms with van der Waals surface area (Å²) < 4.78 is 106. The highest BCUT2D eigenvalue weighted by molar-refractivity contribution is 7.89. The number of hydrogen-bond donors (Lipinski definition) is 0. The van der Waals surface area contributed by atoms with Gasteiger partial charge in [0, 0.05) is 41.7 Å². The quantitative estimate of drug-likeness (QED) is 0.364. The van der Waals surface area contributed by atoms with Crippen LogP contribution in [0.15, 0.2) is 66.9 Å². The van der Waals surface area contributed by atoms with Crippen LogP contribution in [0.5, 0.6) is 5.75 Å².